The predicted molar refractivity (Wildman–Crippen MR) is 149 cm³/mol. The zero-order chi connectivity index (χ0) is 24.0. The Labute approximate surface area is 211 Å². The van der Waals surface area contributed by atoms with E-state index < -0.39 is 0 Å². The molecule has 190 valence electrons. The molecule has 1 fully saturated rings. The van der Waals surface area contributed by atoms with Crippen LogP contribution in [0.3, 0.4) is 0 Å². The van der Waals surface area contributed by atoms with E-state index in [9.17, 15) is 0 Å². The highest BCUT2D eigenvalue weighted by Gasteiger charge is 2.22. The van der Waals surface area contributed by atoms with Crippen molar-refractivity contribution in [2.24, 2.45) is 11.8 Å². The highest BCUT2D eigenvalue weighted by Crippen LogP contribution is 2.38. The van der Waals surface area contributed by atoms with Gasteiger partial charge < -0.3 is 4.74 Å². The van der Waals surface area contributed by atoms with Gasteiger partial charge in [0.1, 0.15) is 5.75 Å². The van der Waals surface area contributed by atoms with Gasteiger partial charge in [0.05, 0.1) is 6.61 Å². The van der Waals surface area contributed by atoms with Crippen LogP contribution in [0.2, 0.25) is 0 Å². The van der Waals surface area contributed by atoms with Gasteiger partial charge in [-0.15, -0.1) is 0 Å². The lowest BCUT2D eigenvalue weighted by atomic mass is 9.77. The Bertz CT molecular complexity index is 728. The van der Waals surface area contributed by atoms with E-state index >= 15 is 0 Å². The molecule has 1 heteroatoms. The average molecular weight is 465 g/mol. The number of allylic oxidation sites excluding steroid dienone is 4. The van der Waals surface area contributed by atoms with Crippen LogP contribution in [0.5, 0.6) is 5.75 Å². The van der Waals surface area contributed by atoms with Crippen LogP contribution in [0.1, 0.15) is 135 Å². The lowest BCUT2D eigenvalue weighted by Crippen LogP contribution is -2.15. The smallest absolute Gasteiger partial charge is 0.119 e. The molecule has 0 aliphatic heterocycles. The molecule has 1 atom stereocenters. The minimum Gasteiger partial charge on any atom is -0.493 e. The van der Waals surface area contributed by atoms with Gasteiger partial charge in [-0.25, -0.2) is 0 Å². The van der Waals surface area contributed by atoms with Crippen molar-refractivity contribution in [2.45, 2.75) is 129 Å². The first-order valence-electron chi connectivity index (χ1n) is 14.7. The Kier molecular flexibility index (Phi) is 12.3. The van der Waals surface area contributed by atoms with Crippen LogP contribution < -0.4 is 4.74 Å². The van der Waals surface area contributed by atoms with Crippen LogP contribution in [0.25, 0.3) is 0 Å². The number of rotatable bonds is 14. The molecule has 2 aliphatic rings. The van der Waals surface area contributed by atoms with E-state index in [0.29, 0.717) is 5.92 Å². The van der Waals surface area contributed by atoms with Gasteiger partial charge in [-0.3, -0.25) is 0 Å². The fourth-order valence-electron chi connectivity index (χ4n) is 5.92. The normalized spacial score (nSPS) is 22.8. The molecule has 0 heterocycles. The topological polar surface area (TPSA) is 9.23 Å². The van der Waals surface area contributed by atoms with E-state index in [1.165, 1.54) is 114 Å². The van der Waals surface area contributed by atoms with Crippen LogP contribution >= 0.6 is 0 Å². The number of unbranched alkanes of at least 4 members (excludes halogenated alkanes) is 5. The second-order valence-corrected chi connectivity index (χ2v) is 11.5. The molecule has 1 aromatic carbocycles. The molecule has 0 aromatic heterocycles. The average Bonchev–Trinajstić information content (AvgIpc) is 2.86. The summed E-state index contributed by atoms with van der Waals surface area (Å²) >= 11 is 0. The molecule has 34 heavy (non-hydrogen) atoms. The van der Waals surface area contributed by atoms with Crippen molar-refractivity contribution >= 4 is 0 Å². The van der Waals surface area contributed by atoms with E-state index in [1.54, 1.807) is 5.57 Å². The summed E-state index contributed by atoms with van der Waals surface area (Å²) < 4.78 is 6.19. The van der Waals surface area contributed by atoms with Gasteiger partial charge in [0.15, 0.2) is 0 Å². The molecule has 2 aliphatic carbocycles. The first-order valence-corrected chi connectivity index (χ1v) is 14.7. The summed E-state index contributed by atoms with van der Waals surface area (Å²) in [5, 5.41) is 0. The molecule has 1 saturated carbocycles. The van der Waals surface area contributed by atoms with Gasteiger partial charge >= 0.3 is 0 Å². The maximum Gasteiger partial charge on any atom is 0.119 e. The minimum atomic E-state index is 0.675. The molecule has 0 radical (unpaired) electrons. The molecular weight excluding hydrogens is 412 g/mol. The van der Waals surface area contributed by atoms with Crippen molar-refractivity contribution < 1.29 is 4.74 Å². The van der Waals surface area contributed by atoms with Gasteiger partial charge in [-0.2, -0.15) is 0 Å². The molecule has 0 N–H and O–H groups in total. The molecule has 0 saturated heterocycles. The number of benzene rings is 1. The third-order valence-corrected chi connectivity index (χ3v) is 8.28. The first-order chi connectivity index (χ1) is 16.6. The quantitative estimate of drug-likeness (QED) is 0.196. The molecule has 1 aromatic rings. The Morgan fingerprint density at radius 3 is 2.29 bits per heavy atom. The fourth-order valence-corrected chi connectivity index (χ4v) is 5.92. The van der Waals surface area contributed by atoms with Crippen molar-refractivity contribution in [2.75, 3.05) is 6.61 Å². The van der Waals surface area contributed by atoms with Crippen LogP contribution in [-0.4, -0.2) is 6.61 Å². The summed E-state index contributed by atoms with van der Waals surface area (Å²) in [6.45, 7) is 7.55. The van der Waals surface area contributed by atoms with Crippen LogP contribution in [0.15, 0.2) is 47.6 Å². The Morgan fingerprint density at radius 1 is 0.882 bits per heavy atom. The van der Waals surface area contributed by atoms with Crippen molar-refractivity contribution in [3.63, 3.8) is 0 Å². The Morgan fingerprint density at radius 2 is 1.62 bits per heavy atom. The largest absolute Gasteiger partial charge is 0.493 e. The predicted octanol–water partition coefficient (Wildman–Crippen LogP) is 10.6. The zero-order valence-electron chi connectivity index (χ0n) is 22.6. The Hall–Kier alpha value is -1.50. The summed E-state index contributed by atoms with van der Waals surface area (Å²) in [6.07, 6.45) is 26.7. The third kappa shape index (κ3) is 10.0. The van der Waals surface area contributed by atoms with E-state index in [4.69, 9.17) is 4.74 Å². The van der Waals surface area contributed by atoms with Gasteiger partial charge in [-0.1, -0.05) is 87.3 Å². The highest BCUT2D eigenvalue weighted by molar-refractivity contribution is 5.29. The van der Waals surface area contributed by atoms with Gasteiger partial charge in [0.25, 0.3) is 0 Å². The second-order valence-electron chi connectivity index (χ2n) is 11.5. The first kappa shape index (κ1) is 27.1. The van der Waals surface area contributed by atoms with Crippen LogP contribution in [0, 0.1) is 11.8 Å². The van der Waals surface area contributed by atoms with Crippen molar-refractivity contribution in [3.8, 4) is 5.75 Å². The number of hydrogen-bond acceptors (Lipinski definition) is 1. The standard InChI is InChI=1S/C33H52O/c1-4-5-6-7-8-9-12-28-18-20-31(21-19-28)32-22-24-33(25-23-32)34-26-30-16-14-29(15-17-30)13-10-11-27(2)3/h11,14,22-25,28,30-31H,4-10,12-13,15-21,26H2,1-3H3. The summed E-state index contributed by atoms with van der Waals surface area (Å²) in [5.74, 6) is 3.48. The van der Waals surface area contributed by atoms with Crippen LogP contribution in [0.4, 0.5) is 0 Å². The monoisotopic (exact) mass is 464 g/mol. The molecule has 0 spiro atoms. The van der Waals surface area contributed by atoms with Crippen molar-refractivity contribution in [1.29, 1.82) is 0 Å². The second kappa shape index (κ2) is 15.5. The molecule has 0 amide bonds. The minimum absolute atomic E-state index is 0.675. The SMILES string of the molecule is CCCCCCCCC1CCC(c2ccc(OCC3CC=C(CCC=C(C)C)CC3)cc2)CC1. The number of ether oxygens (including phenoxy) is 1. The number of hydrogen-bond donors (Lipinski definition) is 0. The van der Waals surface area contributed by atoms with E-state index in [1.807, 2.05) is 0 Å². The fraction of sp³-hybridized carbons (Fsp3) is 0.697. The van der Waals surface area contributed by atoms with Gasteiger partial charge in [0, 0.05) is 0 Å². The summed E-state index contributed by atoms with van der Waals surface area (Å²) in [7, 11) is 0. The highest BCUT2D eigenvalue weighted by atomic mass is 16.5. The maximum atomic E-state index is 6.19. The lowest BCUT2D eigenvalue weighted by molar-refractivity contribution is 0.236. The molecular formula is C33H52O. The molecule has 0 bridgehead atoms. The zero-order valence-corrected chi connectivity index (χ0v) is 22.6. The van der Waals surface area contributed by atoms with Crippen LogP contribution in [-0.2, 0) is 0 Å². The van der Waals surface area contributed by atoms with E-state index in [-0.39, 0.29) is 0 Å². The summed E-state index contributed by atoms with van der Waals surface area (Å²) in [5.41, 5.74) is 4.62. The van der Waals surface area contributed by atoms with E-state index in [0.717, 1.165) is 24.2 Å². The maximum absolute atomic E-state index is 6.19. The summed E-state index contributed by atoms with van der Waals surface area (Å²) in [6, 6.07) is 9.13. The van der Waals surface area contributed by atoms with E-state index in [2.05, 4.69) is 57.2 Å². The third-order valence-electron chi connectivity index (χ3n) is 8.28. The Balaban J connectivity index is 1.31. The molecule has 3 rings (SSSR count). The summed E-state index contributed by atoms with van der Waals surface area (Å²) in [4.78, 5) is 0. The lowest BCUT2D eigenvalue weighted by Gasteiger charge is -2.29. The molecule has 1 nitrogen and oxygen atoms in total. The van der Waals surface area contributed by atoms with Crippen molar-refractivity contribution in [1.82, 2.24) is 0 Å². The van der Waals surface area contributed by atoms with Gasteiger partial charge in [-0.05, 0) is 107 Å². The van der Waals surface area contributed by atoms with Crippen molar-refractivity contribution in [3.05, 3.63) is 53.1 Å². The van der Waals surface area contributed by atoms with Gasteiger partial charge in [0.2, 0.25) is 0 Å². The molecule has 1 unspecified atom stereocenters.